The number of hydrogen-bond donors (Lipinski definition) is 1. The molecular weight excluding hydrogens is 172 g/mol. The van der Waals surface area contributed by atoms with Crippen LogP contribution in [-0.2, 0) is 0 Å². The third-order valence-corrected chi connectivity index (χ3v) is 1.33. The molecule has 13 heavy (non-hydrogen) atoms. The van der Waals surface area contributed by atoms with Crippen molar-refractivity contribution in [2.45, 2.75) is 13.8 Å². The number of rotatable bonds is 3. The average Bonchev–Trinajstić information content (AvgIpc) is 2.03. The number of carboxylic acid groups (broad SMARTS) is 1. The summed E-state index contributed by atoms with van der Waals surface area (Å²) in [5.41, 5.74) is 0.534. The van der Waals surface area contributed by atoms with E-state index in [0.29, 0.717) is 12.3 Å². The standard InChI is InChI=1S/C8H10N2O3/c1-3-13-8-9-5(2)4-6(10-8)7(11)12/h4H,3H2,1-2H3,(H,11,12). The van der Waals surface area contributed by atoms with Crippen LogP contribution in [0.3, 0.4) is 0 Å². The van der Waals surface area contributed by atoms with Crippen molar-refractivity contribution >= 4 is 5.97 Å². The molecule has 5 nitrogen and oxygen atoms in total. The Hall–Kier alpha value is -1.65. The third-order valence-electron chi connectivity index (χ3n) is 1.33. The zero-order valence-corrected chi connectivity index (χ0v) is 7.44. The molecule has 5 heteroatoms. The summed E-state index contributed by atoms with van der Waals surface area (Å²) in [6.07, 6.45) is 0. The van der Waals surface area contributed by atoms with Gasteiger partial charge in [0.1, 0.15) is 0 Å². The zero-order chi connectivity index (χ0) is 9.84. The molecule has 0 aliphatic carbocycles. The van der Waals surface area contributed by atoms with Crippen molar-refractivity contribution in [1.29, 1.82) is 0 Å². The molecule has 1 aromatic heterocycles. The van der Waals surface area contributed by atoms with Gasteiger partial charge in [0.15, 0.2) is 5.69 Å². The molecule has 0 amide bonds. The first-order chi connectivity index (χ1) is 6.13. The van der Waals surface area contributed by atoms with Crippen LogP contribution in [0.2, 0.25) is 0 Å². The maximum atomic E-state index is 10.6. The van der Waals surface area contributed by atoms with Gasteiger partial charge in [0.2, 0.25) is 0 Å². The van der Waals surface area contributed by atoms with Crippen LogP contribution in [0.15, 0.2) is 6.07 Å². The summed E-state index contributed by atoms with van der Waals surface area (Å²) in [5.74, 6) is -1.08. The second-order valence-corrected chi connectivity index (χ2v) is 2.42. The van der Waals surface area contributed by atoms with E-state index in [1.807, 2.05) is 0 Å². The highest BCUT2D eigenvalue weighted by atomic mass is 16.5. The Bertz CT molecular complexity index is 325. The maximum Gasteiger partial charge on any atom is 0.354 e. The fraction of sp³-hybridized carbons (Fsp3) is 0.375. The van der Waals surface area contributed by atoms with E-state index in [2.05, 4.69) is 9.97 Å². The monoisotopic (exact) mass is 182 g/mol. The molecule has 0 saturated heterocycles. The lowest BCUT2D eigenvalue weighted by molar-refractivity contribution is 0.0688. The van der Waals surface area contributed by atoms with Gasteiger partial charge in [-0.3, -0.25) is 0 Å². The third kappa shape index (κ3) is 2.40. The Balaban J connectivity index is 3.03. The van der Waals surface area contributed by atoms with Crippen LogP contribution in [0.5, 0.6) is 6.01 Å². The molecular formula is C8H10N2O3. The van der Waals surface area contributed by atoms with Crippen LogP contribution >= 0.6 is 0 Å². The predicted molar refractivity (Wildman–Crippen MR) is 44.9 cm³/mol. The zero-order valence-electron chi connectivity index (χ0n) is 7.44. The predicted octanol–water partition coefficient (Wildman–Crippen LogP) is 0.882. The Morgan fingerprint density at radius 2 is 2.31 bits per heavy atom. The summed E-state index contributed by atoms with van der Waals surface area (Å²) in [6.45, 7) is 3.89. The fourth-order valence-corrected chi connectivity index (χ4v) is 0.845. The second-order valence-electron chi connectivity index (χ2n) is 2.42. The van der Waals surface area contributed by atoms with Crippen LogP contribution < -0.4 is 4.74 Å². The normalized spacial score (nSPS) is 9.69. The molecule has 0 bridgehead atoms. The molecule has 0 aliphatic rings. The maximum absolute atomic E-state index is 10.6. The smallest absolute Gasteiger partial charge is 0.354 e. The quantitative estimate of drug-likeness (QED) is 0.751. The molecule has 0 spiro atoms. The number of aromatic carboxylic acids is 1. The molecule has 0 aromatic carbocycles. The second kappa shape index (κ2) is 3.84. The molecule has 0 saturated carbocycles. The van der Waals surface area contributed by atoms with E-state index in [-0.39, 0.29) is 11.7 Å². The number of aryl methyl sites for hydroxylation is 1. The molecule has 0 fully saturated rings. The first-order valence-corrected chi connectivity index (χ1v) is 3.85. The Labute approximate surface area is 75.4 Å². The molecule has 1 rings (SSSR count). The summed E-state index contributed by atoms with van der Waals surface area (Å²) >= 11 is 0. The first-order valence-electron chi connectivity index (χ1n) is 3.85. The lowest BCUT2D eigenvalue weighted by atomic mass is 10.3. The van der Waals surface area contributed by atoms with Gasteiger partial charge in [0, 0.05) is 5.69 Å². The molecule has 1 N–H and O–H groups in total. The van der Waals surface area contributed by atoms with Crippen LogP contribution in [0.1, 0.15) is 23.1 Å². The molecule has 70 valence electrons. The number of carbonyl (C=O) groups is 1. The van der Waals surface area contributed by atoms with Gasteiger partial charge in [-0.05, 0) is 19.9 Å². The van der Waals surface area contributed by atoms with Crippen molar-refractivity contribution < 1.29 is 14.6 Å². The van der Waals surface area contributed by atoms with Gasteiger partial charge in [-0.2, -0.15) is 4.98 Å². The van der Waals surface area contributed by atoms with E-state index in [4.69, 9.17) is 9.84 Å². The number of hydrogen-bond acceptors (Lipinski definition) is 4. The molecule has 0 aliphatic heterocycles. The minimum Gasteiger partial charge on any atom is -0.477 e. The summed E-state index contributed by atoms with van der Waals surface area (Å²) in [6, 6.07) is 1.50. The number of ether oxygens (including phenoxy) is 1. The molecule has 0 radical (unpaired) electrons. The lowest BCUT2D eigenvalue weighted by Gasteiger charge is -2.02. The van der Waals surface area contributed by atoms with Gasteiger partial charge in [0.05, 0.1) is 6.61 Å². The summed E-state index contributed by atoms with van der Waals surface area (Å²) < 4.78 is 4.99. The van der Waals surface area contributed by atoms with Crippen LogP contribution in [0.4, 0.5) is 0 Å². The summed E-state index contributed by atoms with van der Waals surface area (Å²) in [7, 11) is 0. The van der Waals surface area contributed by atoms with E-state index in [1.54, 1.807) is 13.8 Å². The Morgan fingerprint density at radius 3 is 2.85 bits per heavy atom. The summed E-state index contributed by atoms with van der Waals surface area (Å²) in [5, 5.41) is 8.66. The van der Waals surface area contributed by atoms with Crippen molar-refractivity contribution in [3.05, 3.63) is 17.5 Å². The SMILES string of the molecule is CCOc1nc(C)cc(C(=O)O)n1. The van der Waals surface area contributed by atoms with Gasteiger partial charge in [-0.25, -0.2) is 9.78 Å². The van der Waals surface area contributed by atoms with Gasteiger partial charge in [-0.1, -0.05) is 0 Å². The molecule has 1 heterocycles. The fourth-order valence-electron chi connectivity index (χ4n) is 0.845. The highest BCUT2D eigenvalue weighted by Gasteiger charge is 2.08. The van der Waals surface area contributed by atoms with E-state index in [0.717, 1.165) is 0 Å². The highest BCUT2D eigenvalue weighted by molar-refractivity contribution is 5.85. The number of carboxylic acids is 1. The largest absolute Gasteiger partial charge is 0.477 e. The first kappa shape index (κ1) is 9.44. The summed E-state index contributed by atoms with van der Waals surface area (Å²) in [4.78, 5) is 18.2. The molecule has 0 atom stereocenters. The van der Waals surface area contributed by atoms with Crippen molar-refractivity contribution in [2.75, 3.05) is 6.61 Å². The van der Waals surface area contributed by atoms with Crippen molar-refractivity contribution in [3.8, 4) is 6.01 Å². The van der Waals surface area contributed by atoms with Gasteiger partial charge in [-0.15, -0.1) is 0 Å². The minimum absolute atomic E-state index is 0.0454. The van der Waals surface area contributed by atoms with Gasteiger partial charge < -0.3 is 9.84 Å². The topological polar surface area (TPSA) is 72.3 Å². The minimum atomic E-state index is -1.08. The van der Waals surface area contributed by atoms with Gasteiger partial charge >= 0.3 is 12.0 Å². The van der Waals surface area contributed by atoms with Crippen molar-refractivity contribution in [2.24, 2.45) is 0 Å². The van der Waals surface area contributed by atoms with Crippen molar-refractivity contribution in [1.82, 2.24) is 9.97 Å². The van der Waals surface area contributed by atoms with Crippen molar-refractivity contribution in [3.63, 3.8) is 0 Å². The average molecular weight is 182 g/mol. The van der Waals surface area contributed by atoms with Crippen LogP contribution in [-0.4, -0.2) is 27.7 Å². The molecule has 0 unspecified atom stereocenters. The van der Waals surface area contributed by atoms with E-state index < -0.39 is 5.97 Å². The van der Waals surface area contributed by atoms with E-state index >= 15 is 0 Å². The number of aromatic nitrogens is 2. The molecule has 1 aromatic rings. The number of nitrogens with zero attached hydrogens (tertiary/aromatic N) is 2. The Morgan fingerprint density at radius 1 is 1.62 bits per heavy atom. The van der Waals surface area contributed by atoms with Crippen LogP contribution in [0.25, 0.3) is 0 Å². The van der Waals surface area contributed by atoms with Gasteiger partial charge in [0.25, 0.3) is 0 Å². The Kier molecular flexibility index (Phi) is 2.79. The van der Waals surface area contributed by atoms with E-state index in [1.165, 1.54) is 6.07 Å². The lowest BCUT2D eigenvalue weighted by Crippen LogP contribution is -2.06. The van der Waals surface area contributed by atoms with Crippen LogP contribution in [0, 0.1) is 6.92 Å². The van der Waals surface area contributed by atoms with E-state index in [9.17, 15) is 4.79 Å². The highest BCUT2D eigenvalue weighted by Crippen LogP contribution is 2.06.